The van der Waals surface area contributed by atoms with Gasteiger partial charge in [0.1, 0.15) is 5.75 Å². The molecular formula is C22H40N4O. The van der Waals surface area contributed by atoms with Gasteiger partial charge in [0.05, 0.1) is 6.61 Å². The van der Waals surface area contributed by atoms with Crippen LogP contribution >= 0.6 is 0 Å². The molecule has 0 heterocycles. The predicted octanol–water partition coefficient (Wildman–Crippen LogP) is 4.74. The second-order valence-electron chi connectivity index (χ2n) is 7.61. The van der Waals surface area contributed by atoms with Gasteiger partial charge in [0.15, 0.2) is 5.96 Å². The SMILES string of the molecule is CCN(C(=NCCCN)Nc1ccc(OCCCCC(C)C)cc1)C(C)C. The standard InChI is InChI=1S/C22H40N4O/c1-6-26(19(4)5)22(24-16-9-15-23)25-20-11-13-21(14-12-20)27-17-8-7-10-18(2)3/h11-14,18-19H,6-10,15-17,23H2,1-5H3,(H,24,25). The lowest BCUT2D eigenvalue weighted by Crippen LogP contribution is -2.41. The molecule has 0 aromatic heterocycles. The summed E-state index contributed by atoms with van der Waals surface area (Å²) < 4.78 is 5.85. The molecule has 0 aliphatic heterocycles. The van der Waals surface area contributed by atoms with Gasteiger partial charge in [0, 0.05) is 24.8 Å². The molecular weight excluding hydrogens is 336 g/mol. The smallest absolute Gasteiger partial charge is 0.198 e. The Morgan fingerprint density at radius 3 is 2.37 bits per heavy atom. The largest absolute Gasteiger partial charge is 0.494 e. The number of ether oxygens (including phenoxy) is 1. The molecule has 1 aromatic carbocycles. The summed E-state index contributed by atoms with van der Waals surface area (Å²) >= 11 is 0. The van der Waals surface area contributed by atoms with Gasteiger partial charge >= 0.3 is 0 Å². The highest BCUT2D eigenvalue weighted by Crippen LogP contribution is 2.17. The topological polar surface area (TPSA) is 62.9 Å². The lowest BCUT2D eigenvalue weighted by Gasteiger charge is -2.29. The second-order valence-corrected chi connectivity index (χ2v) is 7.61. The van der Waals surface area contributed by atoms with Crippen LogP contribution < -0.4 is 15.8 Å². The van der Waals surface area contributed by atoms with E-state index in [9.17, 15) is 0 Å². The first-order valence-electron chi connectivity index (χ1n) is 10.5. The summed E-state index contributed by atoms with van der Waals surface area (Å²) in [5, 5.41) is 3.47. The fourth-order valence-electron chi connectivity index (χ4n) is 2.85. The Kier molecular flexibility index (Phi) is 11.6. The van der Waals surface area contributed by atoms with E-state index in [0.29, 0.717) is 12.6 Å². The van der Waals surface area contributed by atoms with E-state index >= 15 is 0 Å². The van der Waals surface area contributed by atoms with Crippen molar-refractivity contribution in [2.75, 3.05) is 31.6 Å². The third-order valence-electron chi connectivity index (χ3n) is 4.41. The lowest BCUT2D eigenvalue weighted by atomic mass is 10.1. The highest BCUT2D eigenvalue weighted by atomic mass is 16.5. The zero-order valence-electron chi connectivity index (χ0n) is 18.0. The molecule has 0 amide bonds. The predicted molar refractivity (Wildman–Crippen MR) is 118 cm³/mol. The molecule has 3 N–H and O–H groups in total. The van der Waals surface area contributed by atoms with Crippen LogP contribution in [0.1, 0.15) is 60.3 Å². The number of anilines is 1. The number of rotatable bonds is 12. The van der Waals surface area contributed by atoms with Gasteiger partial charge in [-0.15, -0.1) is 0 Å². The number of aliphatic imine (C=N–C) groups is 1. The van der Waals surface area contributed by atoms with Crippen molar-refractivity contribution in [3.05, 3.63) is 24.3 Å². The molecule has 5 nitrogen and oxygen atoms in total. The minimum atomic E-state index is 0.382. The van der Waals surface area contributed by atoms with E-state index in [0.717, 1.165) is 55.9 Å². The van der Waals surface area contributed by atoms with Crippen molar-refractivity contribution in [3.63, 3.8) is 0 Å². The first-order chi connectivity index (χ1) is 13.0. The van der Waals surface area contributed by atoms with E-state index in [2.05, 4.69) is 57.0 Å². The van der Waals surface area contributed by atoms with Crippen molar-refractivity contribution < 1.29 is 4.74 Å². The quantitative estimate of drug-likeness (QED) is 0.314. The molecule has 0 saturated heterocycles. The summed E-state index contributed by atoms with van der Waals surface area (Å²) in [4.78, 5) is 6.99. The molecule has 0 fully saturated rings. The maximum absolute atomic E-state index is 5.85. The van der Waals surface area contributed by atoms with Gasteiger partial charge in [-0.25, -0.2) is 0 Å². The summed E-state index contributed by atoms with van der Waals surface area (Å²) in [5.74, 6) is 2.59. The summed E-state index contributed by atoms with van der Waals surface area (Å²) in [7, 11) is 0. The van der Waals surface area contributed by atoms with Gasteiger partial charge < -0.3 is 20.7 Å². The number of benzene rings is 1. The van der Waals surface area contributed by atoms with E-state index in [4.69, 9.17) is 15.5 Å². The fraction of sp³-hybridized carbons (Fsp3) is 0.682. The van der Waals surface area contributed by atoms with Crippen LogP contribution in [0.2, 0.25) is 0 Å². The van der Waals surface area contributed by atoms with Crippen molar-refractivity contribution in [3.8, 4) is 5.75 Å². The van der Waals surface area contributed by atoms with Gasteiger partial charge in [-0.2, -0.15) is 0 Å². The van der Waals surface area contributed by atoms with Gasteiger partial charge in [-0.05, 0) is 76.8 Å². The number of nitrogens with two attached hydrogens (primary N) is 1. The minimum Gasteiger partial charge on any atom is -0.494 e. The molecule has 0 saturated carbocycles. The van der Waals surface area contributed by atoms with E-state index in [1.807, 2.05) is 12.1 Å². The Balaban J connectivity index is 2.61. The number of hydrogen-bond donors (Lipinski definition) is 2. The zero-order chi connectivity index (χ0) is 20.1. The van der Waals surface area contributed by atoms with Crippen LogP contribution in [0.15, 0.2) is 29.3 Å². The van der Waals surface area contributed by atoms with Crippen LogP contribution in [-0.4, -0.2) is 43.1 Å². The number of guanidine groups is 1. The Labute approximate surface area is 166 Å². The van der Waals surface area contributed by atoms with Crippen LogP contribution in [0.3, 0.4) is 0 Å². The molecule has 154 valence electrons. The third kappa shape index (κ3) is 9.66. The van der Waals surface area contributed by atoms with E-state index in [1.54, 1.807) is 0 Å². The Hall–Kier alpha value is -1.75. The number of unbranched alkanes of at least 4 members (excludes halogenated alkanes) is 1. The molecule has 1 aromatic rings. The second kappa shape index (κ2) is 13.4. The van der Waals surface area contributed by atoms with Gasteiger partial charge in [-0.1, -0.05) is 20.3 Å². The molecule has 0 aliphatic rings. The highest BCUT2D eigenvalue weighted by molar-refractivity contribution is 5.93. The van der Waals surface area contributed by atoms with Gasteiger partial charge in [0.2, 0.25) is 0 Å². The Bertz CT molecular complexity index is 526. The Morgan fingerprint density at radius 2 is 1.81 bits per heavy atom. The average molecular weight is 377 g/mol. The Morgan fingerprint density at radius 1 is 1.11 bits per heavy atom. The van der Waals surface area contributed by atoms with E-state index in [1.165, 1.54) is 12.8 Å². The zero-order valence-corrected chi connectivity index (χ0v) is 18.0. The minimum absolute atomic E-state index is 0.382. The van der Waals surface area contributed by atoms with Crippen molar-refractivity contribution in [1.29, 1.82) is 0 Å². The molecule has 0 spiro atoms. The summed E-state index contributed by atoms with van der Waals surface area (Å²) in [6.45, 7) is 14.1. The lowest BCUT2D eigenvalue weighted by molar-refractivity contribution is 0.301. The van der Waals surface area contributed by atoms with Crippen LogP contribution in [0.4, 0.5) is 5.69 Å². The number of hydrogen-bond acceptors (Lipinski definition) is 3. The van der Waals surface area contributed by atoms with Crippen LogP contribution in [-0.2, 0) is 0 Å². The van der Waals surface area contributed by atoms with Crippen LogP contribution in [0.25, 0.3) is 0 Å². The molecule has 0 aliphatic carbocycles. The molecule has 0 unspecified atom stereocenters. The molecule has 27 heavy (non-hydrogen) atoms. The number of nitrogens with zero attached hydrogens (tertiary/aromatic N) is 2. The third-order valence-corrected chi connectivity index (χ3v) is 4.41. The van der Waals surface area contributed by atoms with Crippen LogP contribution in [0, 0.1) is 5.92 Å². The molecule has 5 heteroatoms. The summed E-state index contributed by atoms with van der Waals surface area (Å²) in [6, 6.07) is 8.53. The van der Waals surface area contributed by atoms with Crippen molar-refractivity contribution in [2.24, 2.45) is 16.6 Å². The molecule has 0 bridgehead atoms. The maximum Gasteiger partial charge on any atom is 0.198 e. The maximum atomic E-state index is 5.85. The van der Waals surface area contributed by atoms with E-state index in [-0.39, 0.29) is 0 Å². The molecule has 0 atom stereocenters. The first-order valence-corrected chi connectivity index (χ1v) is 10.5. The first kappa shape index (κ1) is 23.3. The molecule has 1 rings (SSSR count). The van der Waals surface area contributed by atoms with Crippen molar-refractivity contribution in [1.82, 2.24) is 4.90 Å². The summed E-state index contributed by atoms with van der Waals surface area (Å²) in [6.07, 6.45) is 4.49. The van der Waals surface area contributed by atoms with Gasteiger partial charge in [-0.3, -0.25) is 4.99 Å². The normalized spacial score (nSPS) is 11.9. The van der Waals surface area contributed by atoms with E-state index < -0.39 is 0 Å². The van der Waals surface area contributed by atoms with Crippen LogP contribution in [0.5, 0.6) is 5.75 Å². The van der Waals surface area contributed by atoms with Gasteiger partial charge in [0.25, 0.3) is 0 Å². The monoisotopic (exact) mass is 376 g/mol. The number of nitrogens with one attached hydrogen (secondary N) is 1. The summed E-state index contributed by atoms with van der Waals surface area (Å²) in [5.41, 5.74) is 6.63. The highest BCUT2D eigenvalue weighted by Gasteiger charge is 2.13. The average Bonchev–Trinajstić information content (AvgIpc) is 2.63. The fourth-order valence-corrected chi connectivity index (χ4v) is 2.85. The van der Waals surface area contributed by atoms with Crippen molar-refractivity contribution >= 4 is 11.6 Å². The molecule has 0 radical (unpaired) electrons. The van der Waals surface area contributed by atoms with Crippen molar-refractivity contribution in [2.45, 2.75) is 66.3 Å².